The number of nitrogens with one attached hydrogen (secondary N) is 1. The fourth-order valence-corrected chi connectivity index (χ4v) is 4.89. The Bertz CT molecular complexity index is 907. The molecule has 1 aromatic carbocycles. The van der Waals surface area contributed by atoms with Gasteiger partial charge >= 0.3 is 6.03 Å². The third-order valence-corrected chi connectivity index (χ3v) is 7.02. The van der Waals surface area contributed by atoms with E-state index in [-0.39, 0.29) is 6.03 Å². The van der Waals surface area contributed by atoms with E-state index in [2.05, 4.69) is 15.2 Å². The van der Waals surface area contributed by atoms with Crippen LogP contribution < -0.4 is 11.1 Å². The molecule has 2 amide bonds. The molecular weight excluding hydrogens is 378 g/mol. The summed E-state index contributed by atoms with van der Waals surface area (Å²) in [5.74, 6) is 0. The van der Waals surface area contributed by atoms with E-state index in [1.165, 1.54) is 13.0 Å². The number of hydrogen-bond donors (Lipinski definition) is 2. The van der Waals surface area contributed by atoms with E-state index in [1.54, 1.807) is 12.4 Å². The monoisotopic (exact) mass is 407 g/mol. The van der Waals surface area contributed by atoms with Crippen LogP contribution in [-0.2, 0) is 4.74 Å². The number of rotatable bonds is 3. The molecule has 5 rings (SSSR count). The summed E-state index contributed by atoms with van der Waals surface area (Å²) in [7, 11) is 0. The zero-order chi connectivity index (χ0) is 20.6. The van der Waals surface area contributed by atoms with Gasteiger partial charge in [0.2, 0.25) is 0 Å². The molecule has 158 valence electrons. The summed E-state index contributed by atoms with van der Waals surface area (Å²) in [5, 5.41) is 3.03. The highest BCUT2D eigenvalue weighted by molar-refractivity contribution is 5.94. The van der Waals surface area contributed by atoms with Crippen molar-refractivity contribution >= 4 is 17.4 Å². The van der Waals surface area contributed by atoms with Crippen molar-refractivity contribution in [2.75, 3.05) is 50.4 Å². The summed E-state index contributed by atoms with van der Waals surface area (Å²) in [5.41, 5.74) is 9.79. The van der Waals surface area contributed by atoms with Gasteiger partial charge in [0, 0.05) is 32.0 Å². The summed E-state index contributed by atoms with van der Waals surface area (Å²) >= 11 is 0. The molecule has 3 N–H and O–H groups in total. The number of benzene rings is 1. The fourth-order valence-electron chi connectivity index (χ4n) is 4.89. The average molecular weight is 408 g/mol. The van der Waals surface area contributed by atoms with Gasteiger partial charge in [-0.1, -0.05) is 6.07 Å². The van der Waals surface area contributed by atoms with Gasteiger partial charge in [-0.3, -0.25) is 9.88 Å². The van der Waals surface area contributed by atoms with Gasteiger partial charge in [-0.25, -0.2) is 4.79 Å². The Morgan fingerprint density at radius 1 is 1.07 bits per heavy atom. The Morgan fingerprint density at radius 2 is 1.80 bits per heavy atom. The first kappa shape index (κ1) is 19.3. The minimum Gasteiger partial charge on any atom is -0.397 e. The fraction of sp³-hybridized carbons (Fsp3) is 0.478. The lowest BCUT2D eigenvalue weighted by atomic mass is 9.78. The van der Waals surface area contributed by atoms with Gasteiger partial charge < -0.3 is 20.7 Å². The number of nitrogen functional groups attached to an aromatic ring is 1. The van der Waals surface area contributed by atoms with Crippen LogP contribution in [0.5, 0.6) is 0 Å². The van der Waals surface area contributed by atoms with Gasteiger partial charge in [0.15, 0.2) is 0 Å². The Balaban J connectivity index is 1.21. The number of anilines is 2. The highest BCUT2D eigenvalue weighted by Crippen LogP contribution is 2.41. The number of piperidine rings is 1. The molecule has 3 aliphatic heterocycles. The number of likely N-dealkylation sites (tertiary alicyclic amines) is 2. The largest absolute Gasteiger partial charge is 0.397 e. The Morgan fingerprint density at radius 3 is 2.50 bits per heavy atom. The number of pyridine rings is 1. The van der Waals surface area contributed by atoms with Crippen LogP contribution in [0.25, 0.3) is 11.1 Å². The molecule has 7 heteroatoms. The molecule has 3 aliphatic rings. The Kier molecular flexibility index (Phi) is 5.08. The van der Waals surface area contributed by atoms with Crippen LogP contribution in [-0.4, -0.2) is 66.2 Å². The molecule has 1 spiro atoms. The van der Waals surface area contributed by atoms with E-state index >= 15 is 0 Å². The van der Waals surface area contributed by atoms with E-state index in [0.29, 0.717) is 22.8 Å². The summed E-state index contributed by atoms with van der Waals surface area (Å²) < 4.78 is 5.36. The highest BCUT2D eigenvalue weighted by Gasteiger charge is 2.44. The second-order valence-electron chi connectivity index (χ2n) is 8.87. The number of amides is 2. The number of nitrogens with zero attached hydrogens (tertiary/aromatic N) is 3. The van der Waals surface area contributed by atoms with E-state index in [9.17, 15) is 4.79 Å². The minimum atomic E-state index is -0.0642. The van der Waals surface area contributed by atoms with E-state index < -0.39 is 0 Å². The average Bonchev–Trinajstić information content (AvgIpc) is 3.12. The number of ether oxygens (including phenoxy) is 1. The lowest BCUT2D eigenvalue weighted by Crippen LogP contribution is -2.50. The van der Waals surface area contributed by atoms with Crippen molar-refractivity contribution in [2.45, 2.75) is 25.3 Å². The second kappa shape index (κ2) is 7.89. The summed E-state index contributed by atoms with van der Waals surface area (Å²) in [4.78, 5) is 21.5. The quantitative estimate of drug-likeness (QED) is 0.764. The summed E-state index contributed by atoms with van der Waals surface area (Å²) in [6, 6.07) is 10.2. The predicted octanol–water partition coefficient (Wildman–Crippen LogP) is 3.05. The first-order valence-corrected chi connectivity index (χ1v) is 10.8. The van der Waals surface area contributed by atoms with Gasteiger partial charge in [0.1, 0.15) is 0 Å². The van der Waals surface area contributed by atoms with Crippen LogP contribution in [0, 0.1) is 5.41 Å². The second-order valence-corrected chi connectivity index (χ2v) is 8.87. The highest BCUT2D eigenvalue weighted by atomic mass is 16.5. The predicted molar refractivity (Wildman–Crippen MR) is 117 cm³/mol. The molecule has 3 saturated heterocycles. The van der Waals surface area contributed by atoms with Crippen LogP contribution in [0.2, 0.25) is 0 Å². The van der Waals surface area contributed by atoms with Crippen LogP contribution in [0.4, 0.5) is 16.2 Å². The summed E-state index contributed by atoms with van der Waals surface area (Å²) in [6.07, 6.45) is 6.89. The molecule has 0 radical (unpaired) electrons. The lowest BCUT2D eigenvalue weighted by Gasteiger charge is -2.41. The van der Waals surface area contributed by atoms with Crippen molar-refractivity contribution in [3.8, 4) is 11.1 Å². The van der Waals surface area contributed by atoms with Crippen molar-refractivity contribution in [3.05, 3.63) is 42.7 Å². The Hall–Kier alpha value is -2.64. The third-order valence-electron chi connectivity index (χ3n) is 7.02. The van der Waals surface area contributed by atoms with Crippen molar-refractivity contribution in [2.24, 2.45) is 5.41 Å². The van der Waals surface area contributed by atoms with Gasteiger partial charge in [0.05, 0.1) is 30.6 Å². The SMILES string of the molecule is Nc1ccc(-c2ccncc2)cc1NC(=O)N1CCC2(CC1)CCN(C1COC1)C2. The van der Waals surface area contributed by atoms with Gasteiger partial charge in [0.25, 0.3) is 0 Å². The molecule has 0 unspecified atom stereocenters. The Labute approximate surface area is 177 Å². The normalized spacial score (nSPS) is 21.5. The van der Waals surface area contributed by atoms with Crippen LogP contribution in [0.3, 0.4) is 0 Å². The molecule has 4 heterocycles. The number of urea groups is 1. The number of nitrogens with two attached hydrogens (primary N) is 1. The molecule has 1 aromatic heterocycles. The molecular formula is C23H29N5O2. The van der Waals surface area contributed by atoms with Gasteiger partial charge in [-0.2, -0.15) is 0 Å². The van der Waals surface area contributed by atoms with Gasteiger partial charge in [-0.05, 0) is 66.6 Å². The van der Waals surface area contributed by atoms with Crippen molar-refractivity contribution < 1.29 is 9.53 Å². The molecule has 2 aromatic rings. The minimum absolute atomic E-state index is 0.0642. The topological polar surface area (TPSA) is 83.7 Å². The van der Waals surface area contributed by atoms with E-state index in [1.807, 2.05) is 35.2 Å². The number of aromatic nitrogens is 1. The van der Waals surface area contributed by atoms with Crippen LogP contribution >= 0.6 is 0 Å². The van der Waals surface area contributed by atoms with Crippen molar-refractivity contribution in [1.82, 2.24) is 14.8 Å². The maximum absolute atomic E-state index is 12.9. The van der Waals surface area contributed by atoms with Crippen LogP contribution in [0.1, 0.15) is 19.3 Å². The lowest BCUT2D eigenvalue weighted by molar-refractivity contribution is -0.0615. The number of carbonyl (C=O) groups is 1. The van der Waals surface area contributed by atoms with Gasteiger partial charge in [-0.15, -0.1) is 0 Å². The van der Waals surface area contributed by atoms with Crippen molar-refractivity contribution in [1.29, 1.82) is 0 Å². The molecule has 7 nitrogen and oxygen atoms in total. The van der Waals surface area contributed by atoms with Crippen molar-refractivity contribution in [3.63, 3.8) is 0 Å². The molecule has 0 atom stereocenters. The summed E-state index contributed by atoms with van der Waals surface area (Å²) in [6.45, 7) is 5.67. The molecule has 3 fully saturated rings. The third kappa shape index (κ3) is 3.75. The first-order valence-electron chi connectivity index (χ1n) is 10.8. The molecule has 0 aliphatic carbocycles. The maximum Gasteiger partial charge on any atom is 0.321 e. The maximum atomic E-state index is 12.9. The standard InChI is InChI=1S/C23H29N5O2/c24-20-2-1-18(17-3-8-25-9-4-17)13-21(20)26-22(29)27-10-5-23(6-11-27)7-12-28(16-23)19-14-30-15-19/h1-4,8-9,13,19H,5-7,10-12,14-16,24H2,(H,26,29). The smallest absolute Gasteiger partial charge is 0.321 e. The van der Waals surface area contributed by atoms with E-state index in [0.717, 1.165) is 56.8 Å². The zero-order valence-corrected chi connectivity index (χ0v) is 17.2. The molecule has 30 heavy (non-hydrogen) atoms. The number of hydrogen-bond acceptors (Lipinski definition) is 5. The molecule has 0 saturated carbocycles. The zero-order valence-electron chi connectivity index (χ0n) is 17.2. The van der Waals surface area contributed by atoms with Crippen LogP contribution in [0.15, 0.2) is 42.7 Å². The number of carbonyl (C=O) groups excluding carboxylic acids is 1. The first-order chi connectivity index (χ1) is 14.6. The van der Waals surface area contributed by atoms with E-state index in [4.69, 9.17) is 10.5 Å². The molecule has 0 bridgehead atoms.